The molecule has 1 aliphatic carbocycles. The summed E-state index contributed by atoms with van der Waals surface area (Å²) in [7, 11) is 0. The first-order chi connectivity index (χ1) is 8.16. The van der Waals surface area contributed by atoms with E-state index < -0.39 is 11.9 Å². The molecule has 2 rings (SSSR count). The van der Waals surface area contributed by atoms with Crippen molar-refractivity contribution in [2.24, 2.45) is 5.92 Å². The van der Waals surface area contributed by atoms with Crippen LogP contribution in [0.3, 0.4) is 0 Å². The Labute approximate surface area is 105 Å². The average molecular weight is 258 g/mol. The number of hydrogen-bond acceptors (Lipinski definition) is 3. The summed E-state index contributed by atoms with van der Waals surface area (Å²) >= 11 is 1.84. The number of amides is 2. The van der Waals surface area contributed by atoms with Crippen LogP contribution in [0.1, 0.15) is 25.7 Å². The molecule has 0 aromatic rings. The molecule has 1 aliphatic heterocycles. The Kier molecular flexibility index (Phi) is 4.15. The minimum absolute atomic E-state index is 0.207. The lowest BCUT2D eigenvalue weighted by Crippen LogP contribution is -2.48. The Bertz CT molecular complexity index is 305. The van der Waals surface area contributed by atoms with Gasteiger partial charge in [0, 0.05) is 17.8 Å². The van der Waals surface area contributed by atoms with Crippen LogP contribution < -0.4 is 10.6 Å². The predicted octanol–water partition coefficient (Wildman–Crippen LogP) is 1.04. The van der Waals surface area contributed by atoms with Gasteiger partial charge in [-0.25, -0.2) is 4.79 Å². The molecule has 0 spiro atoms. The molecule has 5 nitrogen and oxygen atoms in total. The first kappa shape index (κ1) is 12.5. The zero-order valence-electron chi connectivity index (χ0n) is 9.65. The lowest BCUT2D eigenvalue weighted by Gasteiger charge is -2.19. The van der Waals surface area contributed by atoms with Gasteiger partial charge in [-0.2, -0.15) is 11.8 Å². The van der Waals surface area contributed by atoms with Crippen molar-refractivity contribution in [3.63, 3.8) is 0 Å². The van der Waals surface area contributed by atoms with Crippen molar-refractivity contribution in [3.8, 4) is 0 Å². The number of carbonyl (C=O) groups excluding carboxylic acids is 1. The van der Waals surface area contributed by atoms with E-state index in [1.807, 2.05) is 11.8 Å². The normalized spacial score (nSPS) is 32.4. The van der Waals surface area contributed by atoms with Crippen molar-refractivity contribution in [1.29, 1.82) is 0 Å². The first-order valence-electron chi connectivity index (χ1n) is 6.04. The molecule has 96 valence electrons. The number of rotatable bonds is 3. The Morgan fingerprint density at radius 2 is 2.00 bits per heavy atom. The Morgan fingerprint density at radius 1 is 1.18 bits per heavy atom. The van der Waals surface area contributed by atoms with Gasteiger partial charge in [0.2, 0.25) is 0 Å². The molecule has 0 aromatic heterocycles. The zero-order valence-corrected chi connectivity index (χ0v) is 10.5. The van der Waals surface area contributed by atoms with Crippen molar-refractivity contribution >= 4 is 23.8 Å². The fraction of sp³-hybridized carbons (Fsp3) is 0.818. The molecule has 3 N–H and O–H groups in total. The summed E-state index contributed by atoms with van der Waals surface area (Å²) in [6.07, 6.45) is 3.32. The van der Waals surface area contributed by atoms with Gasteiger partial charge in [0.25, 0.3) is 0 Å². The highest BCUT2D eigenvalue weighted by Crippen LogP contribution is 2.25. The van der Waals surface area contributed by atoms with Crippen molar-refractivity contribution in [2.45, 2.75) is 37.8 Å². The number of thioether (sulfide) groups is 1. The number of hydrogen-bond donors (Lipinski definition) is 3. The molecule has 1 saturated heterocycles. The fourth-order valence-electron chi connectivity index (χ4n) is 2.47. The molecule has 2 amide bonds. The van der Waals surface area contributed by atoms with E-state index in [4.69, 9.17) is 5.11 Å². The van der Waals surface area contributed by atoms with Crippen LogP contribution in [-0.4, -0.2) is 40.7 Å². The number of carboxylic acids is 1. The summed E-state index contributed by atoms with van der Waals surface area (Å²) in [5, 5.41) is 14.7. The summed E-state index contributed by atoms with van der Waals surface area (Å²) in [4.78, 5) is 22.7. The maximum absolute atomic E-state index is 11.7. The molecule has 2 aliphatic rings. The van der Waals surface area contributed by atoms with Gasteiger partial charge in [-0.05, 0) is 25.0 Å². The second kappa shape index (κ2) is 5.62. The van der Waals surface area contributed by atoms with E-state index in [1.165, 1.54) is 0 Å². The van der Waals surface area contributed by atoms with Crippen LogP contribution in [-0.2, 0) is 4.79 Å². The van der Waals surface area contributed by atoms with Crippen LogP contribution in [0.15, 0.2) is 0 Å². The third-order valence-electron chi connectivity index (χ3n) is 3.41. The van der Waals surface area contributed by atoms with Gasteiger partial charge >= 0.3 is 12.0 Å². The van der Waals surface area contributed by atoms with Gasteiger partial charge in [-0.3, -0.25) is 4.79 Å². The topological polar surface area (TPSA) is 78.4 Å². The van der Waals surface area contributed by atoms with Crippen LogP contribution in [0.4, 0.5) is 4.79 Å². The first-order valence-corrected chi connectivity index (χ1v) is 7.20. The van der Waals surface area contributed by atoms with Crippen LogP contribution in [0, 0.1) is 5.92 Å². The predicted molar refractivity (Wildman–Crippen MR) is 66.2 cm³/mol. The van der Waals surface area contributed by atoms with Crippen LogP contribution in [0.2, 0.25) is 0 Å². The van der Waals surface area contributed by atoms with E-state index in [2.05, 4.69) is 10.6 Å². The fourth-order valence-corrected chi connectivity index (χ4v) is 3.62. The maximum atomic E-state index is 11.7. The third kappa shape index (κ3) is 3.28. The zero-order chi connectivity index (χ0) is 12.3. The summed E-state index contributed by atoms with van der Waals surface area (Å²) in [5.41, 5.74) is 0. The third-order valence-corrected chi connectivity index (χ3v) is 4.58. The van der Waals surface area contributed by atoms with Gasteiger partial charge in [0.05, 0.1) is 5.92 Å². The SMILES string of the molecule is O=C(NC1CCSC1)NC1CCCC1C(=O)O. The van der Waals surface area contributed by atoms with E-state index in [0.717, 1.165) is 30.8 Å². The molecule has 0 bridgehead atoms. The quantitative estimate of drug-likeness (QED) is 0.707. The summed E-state index contributed by atoms with van der Waals surface area (Å²) in [5.74, 6) is 0.829. The van der Waals surface area contributed by atoms with Gasteiger partial charge < -0.3 is 15.7 Å². The number of urea groups is 1. The summed E-state index contributed by atoms with van der Waals surface area (Å²) < 4.78 is 0. The largest absolute Gasteiger partial charge is 0.481 e. The molecular weight excluding hydrogens is 240 g/mol. The van der Waals surface area contributed by atoms with E-state index in [-0.39, 0.29) is 18.1 Å². The average Bonchev–Trinajstić information content (AvgIpc) is 2.88. The molecule has 0 aromatic carbocycles. The van der Waals surface area contributed by atoms with Crippen molar-refractivity contribution in [1.82, 2.24) is 10.6 Å². The molecule has 1 heterocycles. The Balaban J connectivity index is 1.79. The lowest BCUT2D eigenvalue weighted by atomic mass is 10.0. The maximum Gasteiger partial charge on any atom is 0.315 e. The van der Waals surface area contributed by atoms with E-state index in [0.29, 0.717) is 6.42 Å². The minimum Gasteiger partial charge on any atom is -0.481 e. The van der Waals surface area contributed by atoms with Gasteiger partial charge in [-0.15, -0.1) is 0 Å². The van der Waals surface area contributed by atoms with Crippen molar-refractivity contribution in [2.75, 3.05) is 11.5 Å². The van der Waals surface area contributed by atoms with E-state index in [9.17, 15) is 9.59 Å². The van der Waals surface area contributed by atoms with Gasteiger partial charge in [0.15, 0.2) is 0 Å². The second-order valence-electron chi connectivity index (χ2n) is 4.66. The molecule has 3 unspecified atom stereocenters. The van der Waals surface area contributed by atoms with E-state index in [1.54, 1.807) is 0 Å². The summed E-state index contributed by atoms with van der Waals surface area (Å²) in [6, 6.07) is -0.179. The molecule has 0 radical (unpaired) electrons. The molecule has 17 heavy (non-hydrogen) atoms. The highest BCUT2D eigenvalue weighted by atomic mass is 32.2. The monoisotopic (exact) mass is 258 g/mol. The Hall–Kier alpha value is -0.910. The molecule has 3 atom stereocenters. The van der Waals surface area contributed by atoms with Crippen molar-refractivity contribution in [3.05, 3.63) is 0 Å². The van der Waals surface area contributed by atoms with Crippen molar-refractivity contribution < 1.29 is 14.7 Å². The molecule has 6 heteroatoms. The van der Waals surface area contributed by atoms with Gasteiger partial charge in [0.1, 0.15) is 0 Å². The van der Waals surface area contributed by atoms with Crippen LogP contribution >= 0.6 is 11.8 Å². The number of aliphatic carboxylic acids is 1. The molecular formula is C11H18N2O3S. The Morgan fingerprint density at radius 3 is 2.65 bits per heavy atom. The highest BCUT2D eigenvalue weighted by molar-refractivity contribution is 7.99. The van der Waals surface area contributed by atoms with E-state index >= 15 is 0 Å². The smallest absolute Gasteiger partial charge is 0.315 e. The van der Waals surface area contributed by atoms with Crippen LogP contribution in [0.25, 0.3) is 0 Å². The van der Waals surface area contributed by atoms with Gasteiger partial charge in [-0.1, -0.05) is 6.42 Å². The lowest BCUT2D eigenvalue weighted by molar-refractivity contribution is -0.142. The summed E-state index contributed by atoms with van der Waals surface area (Å²) in [6.45, 7) is 0. The number of carboxylic acid groups (broad SMARTS) is 1. The minimum atomic E-state index is -0.802. The highest BCUT2D eigenvalue weighted by Gasteiger charge is 2.34. The number of nitrogens with one attached hydrogen (secondary N) is 2. The molecule has 1 saturated carbocycles. The number of carbonyl (C=O) groups is 2. The molecule has 2 fully saturated rings. The second-order valence-corrected chi connectivity index (χ2v) is 5.81. The standard InChI is InChI=1S/C11H18N2O3S/c14-10(15)8-2-1-3-9(8)13-11(16)12-7-4-5-17-6-7/h7-9H,1-6H2,(H,14,15)(H2,12,13,16). The van der Waals surface area contributed by atoms with Crippen LogP contribution in [0.5, 0.6) is 0 Å².